The number of rotatable bonds is 3. The molecule has 146 valence electrons. The van der Waals surface area contributed by atoms with Gasteiger partial charge in [-0.2, -0.15) is 5.26 Å². The minimum Gasteiger partial charge on any atom is -0.465 e. The van der Waals surface area contributed by atoms with Crippen LogP contribution in [0.4, 0.5) is 9.18 Å². The minimum atomic E-state index is -1.10. The highest BCUT2D eigenvalue weighted by molar-refractivity contribution is 6.30. The van der Waals surface area contributed by atoms with Crippen molar-refractivity contribution in [1.29, 1.82) is 5.26 Å². The summed E-state index contributed by atoms with van der Waals surface area (Å²) in [4.78, 5) is 25.1. The van der Waals surface area contributed by atoms with Crippen LogP contribution in [0.3, 0.4) is 0 Å². The van der Waals surface area contributed by atoms with Gasteiger partial charge in [-0.3, -0.25) is 4.79 Å². The third-order valence-electron chi connectivity index (χ3n) is 4.66. The molecule has 0 saturated carbocycles. The Morgan fingerprint density at radius 1 is 1.43 bits per heavy atom. The van der Waals surface area contributed by atoms with Crippen LogP contribution in [0.5, 0.6) is 0 Å². The molecule has 1 fully saturated rings. The molecule has 9 heteroatoms. The number of nitriles is 1. The molecule has 7 nitrogen and oxygen atoms in total. The number of carboxylic acid groups (broad SMARTS) is 1. The van der Waals surface area contributed by atoms with Gasteiger partial charge in [-0.15, -0.1) is 0 Å². The molecule has 3 rings (SSSR count). The lowest BCUT2D eigenvalue weighted by Crippen LogP contribution is -2.37. The Kier molecular flexibility index (Phi) is 5.97. The second kappa shape index (κ2) is 8.42. The first-order valence-corrected chi connectivity index (χ1v) is 8.92. The predicted octanol–water partition coefficient (Wildman–Crippen LogP) is 2.88. The van der Waals surface area contributed by atoms with Crippen LogP contribution in [-0.4, -0.2) is 40.4 Å². The number of nitrogens with zero attached hydrogens (tertiary/aromatic N) is 3. The Hall–Kier alpha value is -2.89. The van der Waals surface area contributed by atoms with E-state index in [2.05, 4.69) is 0 Å². The SMILES string of the molecule is N#Cc1cccn(C[C@H]2CN(C(=O)O)CCO[C@H]2c2ccc(Cl)c(F)c2)c1=O. The van der Waals surface area contributed by atoms with Crippen LogP contribution in [-0.2, 0) is 11.3 Å². The third kappa shape index (κ3) is 4.16. The van der Waals surface area contributed by atoms with Crippen molar-refractivity contribution in [3.05, 3.63) is 68.8 Å². The Balaban J connectivity index is 1.99. The van der Waals surface area contributed by atoms with E-state index >= 15 is 0 Å². The lowest BCUT2D eigenvalue weighted by Gasteiger charge is -2.27. The molecule has 1 aromatic carbocycles. The monoisotopic (exact) mass is 405 g/mol. The van der Waals surface area contributed by atoms with E-state index in [-0.39, 0.29) is 36.8 Å². The van der Waals surface area contributed by atoms with E-state index in [4.69, 9.17) is 21.6 Å². The largest absolute Gasteiger partial charge is 0.465 e. The second-order valence-corrected chi connectivity index (χ2v) is 6.85. The molecule has 1 saturated heterocycles. The van der Waals surface area contributed by atoms with E-state index < -0.39 is 29.5 Å². The summed E-state index contributed by atoms with van der Waals surface area (Å²) in [6, 6.07) is 9.11. The van der Waals surface area contributed by atoms with Crippen molar-refractivity contribution < 1.29 is 19.0 Å². The fourth-order valence-corrected chi connectivity index (χ4v) is 3.42. The molecule has 0 aliphatic carbocycles. The maximum atomic E-state index is 14.0. The van der Waals surface area contributed by atoms with E-state index in [0.717, 1.165) is 0 Å². The first-order valence-electron chi connectivity index (χ1n) is 8.54. The molecule has 1 aromatic heterocycles. The number of hydrogen-bond acceptors (Lipinski definition) is 4. The van der Waals surface area contributed by atoms with Crippen LogP contribution >= 0.6 is 11.6 Å². The highest BCUT2D eigenvalue weighted by Crippen LogP contribution is 2.32. The molecule has 0 bridgehead atoms. The molecule has 1 aliphatic rings. The summed E-state index contributed by atoms with van der Waals surface area (Å²) in [5, 5.41) is 18.4. The van der Waals surface area contributed by atoms with Crippen LogP contribution in [0.25, 0.3) is 0 Å². The average molecular weight is 406 g/mol. The zero-order valence-electron chi connectivity index (χ0n) is 14.7. The van der Waals surface area contributed by atoms with Crippen molar-refractivity contribution >= 4 is 17.7 Å². The standard InChI is InChI=1S/C19H17ClFN3O4/c20-15-4-3-12(8-16(15)21)17-14(11-24(19(26)27)6-7-28-17)10-23-5-1-2-13(9-22)18(23)25/h1-5,8,14,17H,6-7,10-11H2,(H,26,27)/t14-,17-/m0/s1. The zero-order chi connectivity index (χ0) is 20.3. The Labute approximate surface area is 165 Å². The number of ether oxygens (including phenoxy) is 1. The fourth-order valence-electron chi connectivity index (χ4n) is 3.30. The molecule has 1 aliphatic heterocycles. The highest BCUT2D eigenvalue weighted by Gasteiger charge is 2.32. The summed E-state index contributed by atoms with van der Waals surface area (Å²) in [6.45, 7) is 0.483. The smallest absolute Gasteiger partial charge is 0.407 e. The van der Waals surface area contributed by atoms with E-state index in [1.54, 1.807) is 12.1 Å². The van der Waals surface area contributed by atoms with Crippen LogP contribution < -0.4 is 5.56 Å². The number of hydrogen-bond donors (Lipinski definition) is 1. The van der Waals surface area contributed by atoms with E-state index in [0.29, 0.717) is 5.56 Å². The summed E-state index contributed by atoms with van der Waals surface area (Å²) in [7, 11) is 0. The zero-order valence-corrected chi connectivity index (χ0v) is 15.5. The topological polar surface area (TPSA) is 95.6 Å². The van der Waals surface area contributed by atoms with Gasteiger partial charge in [-0.1, -0.05) is 17.7 Å². The van der Waals surface area contributed by atoms with Crippen molar-refractivity contribution in [1.82, 2.24) is 9.47 Å². The summed E-state index contributed by atoms with van der Waals surface area (Å²) in [6.07, 6.45) is -0.220. The molecular formula is C19H17ClFN3O4. The van der Waals surface area contributed by atoms with Gasteiger partial charge in [0.15, 0.2) is 0 Å². The van der Waals surface area contributed by atoms with Crippen LogP contribution in [0.15, 0.2) is 41.3 Å². The molecule has 2 aromatic rings. The molecule has 0 unspecified atom stereocenters. The molecule has 2 atom stereocenters. The number of benzene rings is 1. The van der Waals surface area contributed by atoms with E-state index in [1.807, 2.05) is 6.07 Å². The summed E-state index contributed by atoms with van der Waals surface area (Å²) in [5.74, 6) is -1.09. The maximum absolute atomic E-state index is 14.0. The van der Waals surface area contributed by atoms with Gasteiger partial charge in [0.1, 0.15) is 17.4 Å². The lowest BCUT2D eigenvalue weighted by molar-refractivity contribution is 0.0248. The first kappa shape index (κ1) is 19.9. The number of amides is 1. The third-order valence-corrected chi connectivity index (χ3v) is 4.96. The first-order chi connectivity index (χ1) is 13.4. The van der Waals surface area contributed by atoms with Gasteiger partial charge >= 0.3 is 6.09 Å². The van der Waals surface area contributed by atoms with Crippen molar-refractivity contribution in [2.45, 2.75) is 12.6 Å². The minimum absolute atomic E-state index is 0.0128. The van der Waals surface area contributed by atoms with Gasteiger partial charge in [0.05, 0.1) is 17.7 Å². The van der Waals surface area contributed by atoms with Gasteiger partial charge in [0, 0.05) is 31.7 Å². The van der Waals surface area contributed by atoms with Crippen LogP contribution in [0, 0.1) is 23.1 Å². The normalized spacial score (nSPS) is 19.7. The van der Waals surface area contributed by atoms with Crippen molar-refractivity contribution in [2.24, 2.45) is 5.92 Å². The van der Waals surface area contributed by atoms with Gasteiger partial charge in [-0.25, -0.2) is 9.18 Å². The average Bonchev–Trinajstić information content (AvgIpc) is 2.88. The van der Waals surface area contributed by atoms with Crippen molar-refractivity contribution in [3.63, 3.8) is 0 Å². The van der Waals surface area contributed by atoms with Gasteiger partial charge in [-0.05, 0) is 29.8 Å². The lowest BCUT2D eigenvalue weighted by atomic mass is 9.94. The number of carbonyl (C=O) groups is 1. The van der Waals surface area contributed by atoms with Gasteiger partial charge in [0.2, 0.25) is 0 Å². The highest BCUT2D eigenvalue weighted by atomic mass is 35.5. The van der Waals surface area contributed by atoms with E-state index in [1.165, 1.54) is 33.9 Å². The van der Waals surface area contributed by atoms with Crippen LogP contribution in [0.1, 0.15) is 17.2 Å². The van der Waals surface area contributed by atoms with Crippen molar-refractivity contribution in [3.8, 4) is 6.07 Å². The number of aromatic nitrogens is 1. The van der Waals surface area contributed by atoms with Gasteiger partial charge in [0.25, 0.3) is 5.56 Å². The van der Waals surface area contributed by atoms with Gasteiger partial charge < -0.3 is 19.3 Å². The Bertz CT molecular complexity index is 988. The molecular weight excluding hydrogens is 389 g/mol. The Morgan fingerprint density at radius 2 is 2.21 bits per heavy atom. The fraction of sp³-hybridized carbons (Fsp3) is 0.316. The molecule has 0 radical (unpaired) electrons. The molecule has 0 spiro atoms. The molecule has 1 amide bonds. The summed E-state index contributed by atoms with van der Waals surface area (Å²) >= 11 is 5.76. The Morgan fingerprint density at radius 3 is 2.89 bits per heavy atom. The van der Waals surface area contributed by atoms with Crippen LogP contribution in [0.2, 0.25) is 5.02 Å². The van der Waals surface area contributed by atoms with Crippen molar-refractivity contribution in [2.75, 3.05) is 19.7 Å². The summed E-state index contributed by atoms with van der Waals surface area (Å²) in [5.41, 5.74) is 0.0157. The maximum Gasteiger partial charge on any atom is 0.407 e. The summed E-state index contributed by atoms with van der Waals surface area (Å²) < 4.78 is 21.2. The van der Waals surface area contributed by atoms with E-state index in [9.17, 15) is 19.1 Å². The predicted molar refractivity (Wildman–Crippen MR) is 98.6 cm³/mol. The molecule has 28 heavy (non-hydrogen) atoms. The number of pyridine rings is 1. The number of halogens is 2. The molecule has 1 N–H and O–H groups in total. The second-order valence-electron chi connectivity index (χ2n) is 6.44. The quantitative estimate of drug-likeness (QED) is 0.847. The molecule has 2 heterocycles.